The minimum Gasteiger partial charge on any atom is -0.239 e. The number of hydrogen-bond acceptors (Lipinski definition) is 0. The maximum absolute atomic E-state index is 15.5. The highest BCUT2D eigenvalue weighted by atomic mass is 19.2. The molecule has 4 heteroatoms. The Bertz CT molecular complexity index is 974. The third-order valence-electron chi connectivity index (χ3n) is 8.14. The SMILES string of the molecule is CCCCCC1CCC(CCc2ccc3c(c2F)C(F)C(F)c2c-3ccc(CCC)c2F)CC1. The number of rotatable bonds is 9. The van der Waals surface area contributed by atoms with E-state index in [-0.39, 0.29) is 22.3 Å². The predicted octanol–water partition coefficient (Wildman–Crippen LogP) is 9.94. The molecule has 1 saturated carbocycles. The van der Waals surface area contributed by atoms with Crippen LogP contribution >= 0.6 is 0 Å². The van der Waals surface area contributed by atoms with Gasteiger partial charge < -0.3 is 0 Å². The summed E-state index contributed by atoms with van der Waals surface area (Å²) >= 11 is 0. The molecule has 2 aromatic carbocycles. The van der Waals surface area contributed by atoms with Crippen molar-refractivity contribution in [1.82, 2.24) is 0 Å². The highest BCUT2D eigenvalue weighted by molar-refractivity contribution is 5.76. The highest BCUT2D eigenvalue weighted by Gasteiger charge is 2.39. The van der Waals surface area contributed by atoms with Gasteiger partial charge in [0.1, 0.15) is 11.6 Å². The van der Waals surface area contributed by atoms with Gasteiger partial charge in [0.05, 0.1) is 0 Å². The number of alkyl halides is 2. The van der Waals surface area contributed by atoms with Crippen molar-refractivity contribution in [2.45, 2.75) is 103 Å². The largest absolute Gasteiger partial charge is 0.239 e. The molecule has 4 rings (SSSR count). The lowest BCUT2D eigenvalue weighted by Crippen LogP contribution is -2.18. The highest BCUT2D eigenvalue weighted by Crippen LogP contribution is 2.51. The molecule has 34 heavy (non-hydrogen) atoms. The summed E-state index contributed by atoms with van der Waals surface area (Å²) in [5.74, 6) is 0.0645. The average Bonchev–Trinajstić information content (AvgIpc) is 2.84. The molecule has 0 aliphatic heterocycles. The molecule has 2 aliphatic rings. The molecule has 0 amide bonds. The number of benzene rings is 2. The van der Waals surface area contributed by atoms with E-state index in [0.717, 1.165) is 12.3 Å². The minimum atomic E-state index is -2.19. The second kappa shape index (κ2) is 11.3. The summed E-state index contributed by atoms with van der Waals surface area (Å²) in [6, 6.07) is 6.60. The van der Waals surface area contributed by atoms with Gasteiger partial charge in [0, 0.05) is 11.1 Å². The van der Waals surface area contributed by atoms with Crippen LogP contribution in [0.1, 0.15) is 113 Å². The molecule has 2 unspecified atom stereocenters. The van der Waals surface area contributed by atoms with Crippen molar-refractivity contribution in [3.63, 3.8) is 0 Å². The van der Waals surface area contributed by atoms with Crippen molar-refractivity contribution in [2.24, 2.45) is 11.8 Å². The Kier molecular flexibility index (Phi) is 8.37. The first-order valence-corrected chi connectivity index (χ1v) is 13.4. The molecule has 0 aromatic heterocycles. The topological polar surface area (TPSA) is 0 Å². The molecule has 0 spiro atoms. The van der Waals surface area contributed by atoms with Crippen LogP contribution < -0.4 is 0 Å². The molecule has 0 radical (unpaired) electrons. The fourth-order valence-corrected chi connectivity index (χ4v) is 6.08. The molecule has 186 valence electrons. The first kappa shape index (κ1) is 25.3. The van der Waals surface area contributed by atoms with Crippen molar-refractivity contribution in [3.05, 3.63) is 58.2 Å². The molecule has 0 nitrogen and oxygen atoms in total. The lowest BCUT2D eigenvalue weighted by molar-refractivity contribution is 0.160. The summed E-state index contributed by atoms with van der Waals surface area (Å²) in [5.41, 5.74) is 0.906. The van der Waals surface area contributed by atoms with E-state index in [1.807, 2.05) is 6.92 Å². The van der Waals surface area contributed by atoms with Crippen LogP contribution in [0, 0.1) is 23.5 Å². The van der Waals surface area contributed by atoms with E-state index >= 15 is 13.2 Å². The van der Waals surface area contributed by atoms with Gasteiger partial charge in [-0.15, -0.1) is 0 Å². The molecule has 2 atom stereocenters. The second-order valence-corrected chi connectivity index (χ2v) is 10.5. The summed E-state index contributed by atoms with van der Waals surface area (Å²) in [5, 5.41) is 0. The molecule has 1 fully saturated rings. The van der Waals surface area contributed by atoms with E-state index in [0.29, 0.717) is 36.3 Å². The van der Waals surface area contributed by atoms with Gasteiger partial charge in [-0.25, -0.2) is 17.6 Å². The van der Waals surface area contributed by atoms with Crippen molar-refractivity contribution in [1.29, 1.82) is 0 Å². The van der Waals surface area contributed by atoms with Crippen LogP contribution in [-0.4, -0.2) is 0 Å². The van der Waals surface area contributed by atoms with E-state index in [9.17, 15) is 4.39 Å². The lowest BCUT2D eigenvalue weighted by atomic mass is 9.77. The van der Waals surface area contributed by atoms with Gasteiger partial charge in [0.2, 0.25) is 0 Å². The number of unbranched alkanes of at least 4 members (excludes halogenated alkanes) is 2. The van der Waals surface area contributed by atoms with E-state index in [4.69, 9.17) is 0 Å². The van der Waals surface area contributed by atoms with E-state index < -0.39 is 24.0 Å². The maximum atomic E-state index is 15.5. The van der Waals surface area contributed by atoms with Crippen molar-refractivity contribution in [3.8, 4) is 11.1 Å². The van der Waals surface area contributed by atoms with Gasteiger partial charge in [-0.05, 0) is 53.4 Å². The molecule has 0 N–H and O–H groups in total. The summed E-state index contributed by atoms with van der Waals surface area (Å²) in [4.78, 5) is 0. The van der Waals surface area contributed by atoms with Crippen molar-refractivity contribution in [2.75, 3.05) is 0 Å². The summed E-state index contributed by atoms with van der Waals surface area (Å²) in [6.07, 6.45) is 8.26. The Morgan fingerprint density at radius 1 is 0.647 bits per heavy atom. The zero-order valence-electron chi connectivity index (χ0n) is 20.6. The zero-order valence-corrected chi connectivity index (χ0v) is 20.6. The Balaban J connectivity index is 1.48. The number of hydrogen-bond donors (Lipinski definition) is 0. The van der Waals surface area contributed by atoms with Crippen LogP contribution in [0.3, 0.4) is 0 Å². The predicted molar refractivity (Wildman–Crippen MR) is 131 cm³/mol. The van der Waals surface area contributed by atoms with Crippen LogP contribution in [0.2, 0.25) is 0 Å². The third kappa shape index (κ3) is 5.06. The first-order chi connectivity index (χ1) is 16.5. The van der Waals surface area contributed by atoms with E-state index in [1.54, 1.807) is 24.3 Å². The van der Waals surface area contributed by atoms with Crippen LogP contribution in [0.15, 0.2) is 24.3 Å². The summed E-state index contributed by atoms with van der Waals surface area (Å²) < 4.78 is 60.7. The molecule has 2 aromatic rings. The molecule has 0 heterocycles. The Hall–Kier alpha value is -1.84. The first-order valence-electron chi connectivity index (χ1n) is 13.4. The van der Waals surface area contributed by atoms with Gasteiger partial charge in [0.25, 0.3) is 0 Å². The van der Waals surface area contributed by atoms with Gasteiger partial charge in [0.15, 0.2) is 12.3 Å². The smallest absolute Gasteiger partial charge is 0.164 e. The fourth-order valence-electron chi connectivity index (χ4n) is 6.08. The third-order valence-corrected chi connectivity index (χ3v) is 8.14. The Morgan fingerprint density at radius 3 is 1.65 bits per heavy atom. The van der Waals surface area contributed by atoms with Crippen LogP contribution in [0.25, 0.3) is 11.1 Å². The Morgan fingerprint density at radius 2 is 1.15 bits per heavy atom. The van der Waals surface area contributed by atoms with Gasteiger partial charge in [-0.1, -0.05) is 95.9 Å². The van der Waals surface area contributed by atoms with Gasteiger partial charge >= 0.3 is 0 Å². The van der Waals surface area contributed by atoms with Crippen LogP contribution in [0.4, 0.5) is 17.6 Å². The number of fused-ring (bicyclic) bond motifs is 3. The van der Waals surface area contributed by atoms with E-state index in [2.05, 4.69) is 6.92 Å². The second-order valence-electron chi connectivity index (χ2n) is 10.5. The maximum Gasteiger partial charge on any atom is 0.164 e. The number of aryl methyl sites for hydroxylation is 2. The zero-order chi connectivity index (χ0) is 24.2. The molecular weight excluding hydrogens is 436 g/mol. The number of halogens is 4. The van der Waals surface area contributed by atoms with Crippen molar-refractivity contribution < 1.29 is 17.6 Å². The molecule has 0 bridgehead atoms. The normalized spacial score (nSPS) is 24.1. The molecular formula is C30H38F4. The Labute approximate surface area is 202 Å². The van der Waals surface area contributed by atoms with Crippen molar-refractivity contribution >= 4 is 0 Å². The molecule has 2 aliphatic carbocycles. The monoisotopic (exact) mass is 474 g/mol. The summed E-state index contributed by atoms with van der Waals surface area (Å²) in [6.45, 7) is 4.14. The quantitative estimate of drug-likeness (QED) is 0.250. The lowest BCUT2D eigenvalue weighted by Gasteiger charge is -2.30. The molecule has 0 saturated heterocycles. The van der Waals surface area contributed by atoms with Gasteiger partial charge in [-0.3, -0.25) is 0 Å². The van der Waals surface area contributed by atoms with Gasteiger partial charge in [-0.2, -0.15) is 0 Å². The standard InChI is InChI=1S/C30H38F4/c1-3-5-6-8-19-9-11-20(12-10-19)13-14-22-16-18-24-23-17-15-21(7-4-2)27(31)25(23)29(33)30(34)26(24)28(22)32/h15-20,29-30H,3-14H2,1-2H3. The minimum absolute atomic E-state index is 0.236. The fraction of sp³-hybridized carbons (Fsp3) is 0.600. The summed E-state index contributed by atoms with van der Waals surface area (Å²) in [7, 11) is 0. The average molecular weight is 475 g/mol. The van der Waals surface area contributed by atoms with Crippen LogP contribution in [0.5, 0.6) is 0 Å². The van der Waals surface area contributed by atoms with Crippen LogP contribution in [-0.2, 0) is 12.8 Å². The van der Waals surface area contributed by atoms with E-state index in [1.165, 1.54) is 51.4 Å².